The normalized spacial score (nSPS) is 45.4. The van der Waals surface area contributed by atoms with Crippen LogP contribution in [0.15, 0.2) is 12.2 Å². The molecule has 4 rings (SSSR count). The van der Waals surface area contributed by atoms with E-state index >= 15 is 0 Å². The van der Waals surface area contributed by atoms with E-state index in [4.69, 9.17) is 4.74 Å². The zero-order valence-corrected chi connectivity index (χ0v) is 13.5. The van der Waals surface area contributed by atoms with Gasteiger partial charge in [0.25, 0.3) is 0 Å². The number of carbonyl (C=O) groups is 1. The van der Waals surface area contributed by atoms with Gasteiger partial charge in [-0.2, -0.15) is 0 Å². The average Bonchev–Trinajstić information content (AvgIpc) is 2.39. The van der Waals surface area contributed by atoms with Gasteiger partial charge in [-0.05, 0) is 57.3 Å². The van der Waals surface area contributed by atoms with Crippen molar-refractivity contribution < 1.29 is 14.6 Å². The maximum absolute atomic E-state index is 12.3. The lowest BCUT2D eigenvalue weighted by Gasteiger charge is -2.64. The summed E-state index contributed by atoms with van der Waals surface area (Å²) in [5.41, 5.74) is -0.401. The lowest BCUT2D eigenvalue weighted by atomic mass is 9.45. The highest BCUT2D eigenvalue weighted by Gasteiger charge is 2.65. The molecule has 4 aliphatic rings. The van der Waals surface area contributed by atoms with Crippen LogP contribution in [0.3, 0.4) is 0 Å². The third-order valence-corrected chi connectivity index (χ3v) is 6.43. The topological polar surface area (TPSA) is 46.5 Å². The van der Waals surface area contributed by atoms with Gasteiger partial charge in [0.15, 0.2) is 0 Å². The van der Waals surface area contributed by atoms with E-state index in [1.165, 1.54) is 0 Å². The molecule has 0 spiro atoms. The minimum Gasteiger partial charge on any atom is -0.455 e. The second-order valence-corrected chi connectivity index (χ2v) is 7.90. The van der Waals surface area contributed by atoms with Crippen molar-refractivity contribution in [1.82, 2.24) is 0 Å². The molecule has 3 nitrogen and oxygen atoms in total. The Balaban J connectivity index is 1.97. The number of esters is 1. The predicted octanol–water partition coefficient (Wildman–Crippen LogP) is 3.46. The Morgan fingerprint density at radius 2 is 1.90 bits per heavy atom. The highest BCUT2D eigenvalue weighted by atomic mass is 16.6. The van der Waals surface area contributed by atoms with Crippen molar-refractivity contribution in [3.63, 3.8) is 0 Å². The van der Waals surface area contributed by atoms with Crippen LogP contribution in [0.4, 0.5) is 0 Å². The number of ether oxygens (including phenoxy) is 1. The summed E-state index contributed by atoms with van der Waals surface area (Å²) in [7, 11) is 0. The quantitative estimate of drug-likeness (QED) is 0.637. The first kappa shape index (κ1) is 15.1. The van der Waals surface area contributed by atoms with Gasteiger partial charge in [0, 0.05) is 17.4 Å². The number of aliphatic hydroxyl groups is 1. The van der Waals surface area contributed by atoms with E-state index in [2.05, 4.69) is 20.4 Å². The third-order valence-electron chi connectivity index (χ3n) is 6.43. The Morgan fingerprint density at radius 3 is 2.33 bits per heavy atom. The molecule has 0 aromatic carbocycles. The second-order valence-electron chi connectivity index (χ2n) is 7.90. The van der Waals surface area contributed by atoms with Gasteiger partial charge in [-0.3, -0.25) is 0 Å². The van der Waals surface area contributed by atoms with Crippen molar-refractivity contribution >= 4 is 5.97 Å². The van der Waals surface area contributed by atoms with Crippen LogP contribution < -0.4 is 0 Å². The Kier molecular flexibility index (Phi) is 3.47. The minimum absolute atomic E-state index is 0.255. The molecule has 0 heterocycles. The summed E-state index contributed by atoms with van der Waals surface area (Å²) in [6, 6.07) is 0. The standard InChI is InChI=1S/C18H28O3/c1-5-12(4)18(21-16(19)11(2)3)14-6-13-7-15(18)10-17(20,8-13)9-14/h12-15,20H,2,5-10H2,1,3-4H3. The average molecular weight is 292 g/mol. The summed E-state index contributed by atoms with van der Waals surface area (Å²) < 4.78 is 6.12. The van der Waals surface area contributed by atoms with E-state index in [1.807, 2.05) is 0 Å². The Bertz CT molecular complexity index is 451. The van der Waals surface area contributed by atoms with Gasteiger partial charge in [0.2, 0.25) is 0 Å². The lowest BCUT2D eigenvalue weighted by molar-refractivity contribution is -0.255. The molecule has 4 saturated carbocycles. The largest absolute Gasteiger partial charge is 0.455 e. The maximum atomic E-state index is 12.3. The van der Waals surface area contributed by atoms with Crippen LogP contribution >= 0.6 is 0 Å². The van der Waals surface area contributed by atoms with Crippen LogP contribution in [0, 0.1) is 23.7 Å². The molecule has 3 atom stereocenters. The molecule has 0 radical (unpaired) electrons. The fourth-order valence-electron chi connectivity index (χ4n) is 5.60. The fraction of sp³-hybridized carbons (Fsp3) is 0.833. The van der Waals surface area contributed by atoms with E-state index in [0.717, 1.165) is 38.5 Å². The molecular formula is C18H28O3. The molecule has 4 aliphatic carbocycles. The van der Waals surface area contributed by atoms with Gasteiger partial charge in [0.05, 0.1) is 5.60 Å². The molecule has 0 aliphatic heterocycles. The van der Waals surface area contributed by atoms with E-state index in [1.54, 1.807) is 6.92 Å². The molecule has 4 bridgehead atoms. The smallest absolute Gasteiger partial charge is 0.333 e. The number of hydrogen-bond acceptors (Lipinski definition) is 3. The van der Waals surface area contributed by atoms with E-state index in [0.29, 0.717) is 29.2 Å². The maximum Gasteiger partial charge on any atom is 0.333 e. The van der Waals surface area contributed by atoms with Gasteiger partial charge in [-0.1, -0.05) is 20.4 Å². The molecular weight excluding hydrogens is 264 g/mol. The van der Waals surface area contributed by atoms with Crippen molar-refractivity contribution in [3.8, 4) is 0 Å². The van der Waals surface area contributed by atoms with Crippen LogP contribution in [-0.4, -0.2) is 22.3 Å². The molecule has 4 fully saturated rings. The highest BCUT2D eigenvalue weighted by Crippen LogP contribution is 2.63. The Labute approximate surface area is 127 Å². The highest BCUT2D eigenvalue weighted by molar-refractivity contribution is 5.87. The molecule has 0 aromatic rings. The van der Waals surface area contributed by atoms with Crippen LogP contribution in [0.5, 0.6) is 0 Å². The third kappa shape index (κ3) is 2.16. The first-order valence-electron chi connectivity index (χ1n) is 8.42. The number of rotatable bonds is 4. The molecule has 0 amide bonds. The zero-order chi connectivity index (χ0) is 15.4. The van der Waals surface area contributed by atoms with Gasteiger partial charge in [0.1, 0.15) is 5.60 Å². The van der Waals surface area contributed by atoms with Crippen LogP contribution in [0.2, 0.25) is 0 Å². The molecule has 1 N–H and O–H groups in total. The van der Waals surface area contributed by atoms with Gasteiger partial charge in [-0.25, -0.2) is 4.79 Å². The van der Waals surface area contributed by atoms with Crippen molar-refractivity contribution in [2.75, 3.05) is 0 Å². The SMILES string of the molecule is C=C(C)C(=O)OC1(C(C)CC)C2CC3CC1CC(O)(C3)C2. The Morgan fingerprint density at radius 1 is 1.33 bits per heavy atom. The summed E-state index contributed by atoms with van der Waals surface area (Å²) in [6.07, 6.45) is 5.76. The first-order valence-corrected chi connectivity index (χ1v) is 8.42. The summed E-state index contributed by atoms with van der Waals surface area (Å²) >= 11 is 0. The van der Waals surface area contributed by atoms with Crippen LogP contribution in [0.25, 0.3) is 0 Å². The van der Waals surface area contributed by atoms with Crippen molar-refractivity contribution in [3.05, 3.63) is 12.2 Å². The Hall–Kier alpha value is -0.830. The van der Waals surface area contributed by atoms with Gasteiger partial charge >= 0.3 is 5.97 Å². The summed E-state index contributed by atoms with van der Waals surface area (Å²) in [6.45, 7) is 9.84. The van der Waals surface area contributed by atoms with Crippen LogP contribution in [0.1, 0.15) is 59.3 Å². The van der Waals surface area contributed by atoms with Gasteiger partial charge < -0.3 is 9.84 Å². The predicted molar refractivity (Wildman–Crippen MR) is 81.6 cm³/mol. The molecule has 118 valence electrons. The van der Waals surface area contributed by atoms with Gasteiger partial charge in [-0.15, -0.1) is 0 Å². The van der Waals surface area contributed by atoms with E-state index < -0.39 is 5.60 Å². The number of hydrogen-bond donors (Lipinski definition) is 1. The van der Waals surface area contributed by atoms with E-state index in [-0.39, 0.29) is 11.6 Å². The minimum atomic E-state index is -0.497. The molecule has 21 heavy (non-hydrogen) atoms. The monoisotopic (exact) mass is 292 g/mol. The first-order chi connectivity index (χ1) is 9.80. The summed E-state index contributed by atoms with van der Waals surface area (Å²) in [5.74, 6) is 1.32. The lowest BCUT2D eigenvalue weighted by Crippen LogP contribution is -2.67. The molecule has 0 saturated heterocycles. The summed E-state index contributed by atoms with van der Waals surface area (Å²) in [5, 5.41) is 10.8. The zero-order valence-electron chi connectivity index (χ0n) is 13.5. The van der Waals surface area contributed by atoms with Crippen molar-refractivity contribution in [1.29, 1.82) is 0 Å². The molecule has 3 unspecified atom stereocenters. The molecule has 0 aromatic heterocycles. The van der Waals surface area contributed by atoms with E-state index in [9.17, 15) is 9.90 Å². The summed E-state index contributed by atoms with van der Waals surface area (Å²) in [4.78, 5) is 12.3. The number of carbonyl (C=O) groups excluding carboxylic acids is 1. The van der Waals surface area contributed by atoms with Crippen molar-refractivity contribution in [2.45, 2.75) is 70.5 Å². The molecule has 3 heteroatoms. The fourth-order valence-corrected chi connectivity index (χ4v) is 5.60. The second kappa shape index (κ2) is 4.84. The van der Waals surface area contributed by atoms with Crippen LogP contribution in [-0.2, 0) is 9.53 Å². The van der Waals surface area contributed by atoms with Crippen molar-refractivity contribution in [2.24, 2.45) is 23.7 Å².